The van der Waals surface area contributed by atoms with E-state index in [1.54, 1.807) is 24.3 Å². The molecule has 1 amide bonds. The van der Waals surface area contributed by atoms with E-state index >= 15 is 0 Å². The number of hydrogen-bond acceptors (Lipinski definition) is 4. The predicted octanol–water partition coefficient (Wildman–Crippen LogP) is 3.98. The molecule has 1 N–H and O–H groups in total. The number of halogens is 1. The van der Waals surface area contributed by atoms with Gasteiger partial charge in [0.25, 0.3) is 0 Å². The van der Waals surface area contributed by atoms with Gasteiger partial charge in [0.15, 0.2) is 0 Å². The Labute approximate surface area is 189 Å². The first-order valence-electron chi connectivity index (χ1n) is 10.8. The summed E-state index contributed by atoms with van der Waals surface area (Å²) in [7, 11) is -3.43. The van der Waals surface area contributed by atoms with Crippen molar-refractivity contribution in [1.29, 1.82) is 0 Å². The zero-order valence-electron chi connectivity index (χ0n) is 17.5. The highest BCUT2D eigenvalue weighted by Crippen LogP contribution is 2.25. The number of benzene rings is 2. The van der Waals surface area contributed by atoms with Gasteiger partial charge in [-0.25, -0.2) is 8.42 Å². The number of sulfonamides is 1. The second-order valence-electron chi connectivity index (χ2n) is 8.27. The van der Waals surface area contributed by atoms with Gasteiger partial charge >= 0.3 is 0 Å². The molecule has 0 spiro atoms. The highest BCUT2D eigenvalue weighted by molar-refractivity contribution is 7.89. The molecule has 0 radical (unpaired) electrons. The molecule has 6 nitrogen and oxygen atoms in total. The van der Waals surface area contributed by atoms with Crippen LogP contribution >= 0.6 is 11.6 Å². The Hall–Kier alpha value is -1.93. The number of nitrogens with one attached hydrogen (secondary N) is 1. The van der Waals surface area contributed by atoms with E-state index in [0.29, 0.717) is 18.8 Å². The summed E-state index contributed by atoms with van der Waals surface area (Å²) < 4.78 is 26.8. The summed E-state index contributed by atoms with van der Waals surface area (Å²) >= 11 is 6.26. The van der Waals surface area contributed by atoms with Crippen LogP contribution < -0.4 is 5.32 Å². The van der Waals surface area contributed by atoms with Crippen LogP contribution in [0, 0.1) is 5.92 Å². The highest BCUT2D eigenvalue weighted by atomic mass is 35.5. The number of carbonyl (C=O) groups excluding carboxylic acids is 1. The van der Waals surface area contributed by atoms with Crippen LogP contribution in [-0.2, 0) is 21.4 Å². The van der Waals surface area contributed by atoms with Gasteiger partial charge in [-0.05, 0) is 74.7 Å². The van der Waals surface area contributed by atoms with Gasteiger partial charge in [0.05, 0.1) is 4.90 Å². The van der Waals surface area contributed by atoms with E-state index in [0.717, 1.165) is 55.9 Å². The first-order chi connectivity index (χ1) is 14.9. The lowest BCUT2D eigenvalue weighted by molar-refractivity contribution is -0.121. The van der Waals surface area contributed by atoms with E-state index in [4.69, 9.17) is 11.6 Å². The third kappa shape index (κ3) is 5.29. The SMILES string of the molecule is O=C(Nc1ccc(S(=O)(=O)N2CCCC2)cc1)C1CCN(Cc2ccccc2Cl)CC1. The molecule has 0 aromatic heterocycles. The fourth-order valence-electron chi connectivity index (χ4n) is 4.25. The fourth-order valence-corrected chi connectivity index (χ4v) is 5.97. The molecular formula is C23H28ClN3O3S. The van der Waals surface area contributed by atoms with Gasteiger partial charge in [-0.2, -0.15) is 4.31 Å². The summed E-state index contributed by atoms with van der Waals surface area (Å²) in [5, 5.41) is 3.72. The molecule has 2 aliphatic heterocycles. The molecular weight excluding hydrogens is 434 g/mol. The van der Waals surface area contributed by atoms with Crippen LogP contribution in [0.5, 0.6) is 0 Å². The van der Waals surface area contributed by atoms with E-state index < -0.39 is 10.0 Å². The molecule has 2 aliphatic rings. The molecule has 0 aliphatic carbocycles. The lowest BCUT2D eigenvalue weighted by atomic mass is 9.95. The molecule has 0 bridgehead atoms. The second-order valence-corrected chi connectivity index (χ2v) is 10.6. The van der Waals surface area contributed by atoms with Crippen molar-refractivity contribution < 1.29 is 13.2 Å². The summed E-state index contributed by atoms with van der Waals surface area (Å²) in [5.41, 5.74) is 1.74. The van der Waals surface area contributed by atoms with Crippen molar-refractivity contribution in [2.24, 2.45) is 5.92 Å². The third-order valence-electron chi connectivity index (χ3n) is 6.13. The quantitative estimate of drug-likeness (QED) is 0.706. The van der Waals surface area contributed by atoms with Crippen molar-refractivity contribution in [3.63, 3.8) is 0 Å². The van der Waals surface area contributed by atoms with Gasteiger partial charge in [-0.1, -0.05) is 29.8 Å². The van der Waals surface area contributed by atoms with Crippen LogP contribution in [-0.4, -0.2) is 49.7 Å². The number of anilines is 1. The standard InChI is InChI=1S/C23H28ClN3O3S/c24-22-6-2-1-5-19(22)17-26-15-11-18(12-16-26)23(28)25-20-7-9-21(10-8-20)31(29,30)27-13-3-4-14-27/h1-2,5-10,18H,3-4,11-17H2,(H,25,28). The molecule has 2 fully saturated rings. The van der Waals surface area contributed by atoms with Crippen LogP contribution in [0.1, 0.15) is 31.2 Å². The smallest absolute Gasteiger partial charge is 0.243 e. The molecule has 2 saturated heterocycles. The van der Waals surface area contributed by atoms with Crippen molar-refractivity contribution in [3.8, 4) is 0 Å². The lowest BCUT2D eigenvalue weighted by Crippen LogP contribution is -2.37. The van der Waals surface area contributed by atoms with Crippen molar-refractivity contribution in [3.05, 3.63) is 59.1 Å². The van der Waals surface area contributed by atoms with Crippen LogP contribution in [0.15, 0.2) is 53.4 Å². The number of piperidine rings is 1. The molecule has 2 heterocycles. The molecule has 0 saturated carbocycles. The Morgan fingerprint density at radius 1 is 0.968 bits per heavy atom. The summed E-state index contributed by atoms with van der Waals surface area (Å²) in [4.78, 5) is 15.3. The van der Waals surface area contributed by atoms with Crippen molar-refractivity contribution in [1.82, 2.24) is 9.21 Å². The molecule has 0 unspecified atom stereocenters. The van der Waals surface area contributed by atoms with Crippen LogP contribution in [0.2, 0.25) is 5.02 Å². The largest absolute Gasteiger partial charge is 0.326 e. The molecule has 0 atom stereocenters. The van der Waals surface area contributed by atoms with Gasteiger partial charge in [-0.3, -0.25) is 9.69 Å². The summed E-state index contributed by atoms with van der Waals surface area (Å²) in [6, 6.07) is 14.4. The third-order valence-corrected chi connectivity index (χ3v) is 8.42. The Bertz CT molecular complexity index is 1010. The minimum Gasteiger partial charge on any atom is -0.326 e. The van der Waals surface area contributed by atoms with Gasteiger partial charge in [0.1, 0.15) is 0 Å². The summed E-state index contributed by atoms with van der Waals surface area (Å²) in [5.74, 6) is -0.0527. The maximum Gasteiger partial charge on any atom is 0.243 e. The maximum absolute atomic E-state index is 12.7. The predicted molar refractivity (Wildman–Crippen MR) is 123 cm³/mol. The zero-order valence-corrected chi connectivity index (χ0v) is 19.0. The Morgan fingerprint density at radius 3 is 2.26 bits per heavy atom. The van der Waals surface area contributed by atoms with E-state index in [1.807, 2.05) is 24.3 Å². The number of carbonyl (C=O) groups is 1. The number of nitrogens with zero attached hydrogens (tertiary/aromatic N) is 2. The minimum atomic E-state index is -3.43. The monoisotopic (exact) mass is 461 g/mol. The van der Waals surface area contributed by atoms with Crippen molar-refractivity contribution >= 4 is 33.2 Å². The summed E-state index contributed by atoms with van der Waals surface area (Å²) in [6.45, 7) is 3.64. The van der Waals surface area contributed by atoms with E-state index in [-0.39, 0.29) is 16.7 Å². The van der Waals surface area contributed by atoms with Crippen LogP contribution in [0.3, 0.4) is 0 Å². The molecule has 166 valence electrons. The zero-order chi connectivity index (χ0) is 21.8. The lowest BCUT2D eigenvalue weighted by Gasteiger charge is -2.31. The average Bonchev–Trinajstić information content (AvgIpc) is 3.32. The number of hydrogen-bond donors (Lipinski definition) is 1. The second kappa shape index (κ2) is 9.69. The van der Waals surface area contributed by atoms with Crippen molar-refractivity contribution in [2.75, 3.05) is 31.5 Å². The molecule has 4 rings (SSSR count). The van der Waals surface area contributed by atoms with E-state index in [9.17, 15) is 13.2 Å². The first-order valence-corrected chi connectivity index (χ1v) is 12.6. The highest BCUT2D eigenvalue weighted by Gasteiger charge is 2.28. The summed E-state index contributed by atoms with van der Waals surface area (Å²) in [6.07, 6.45) is 3.39. The number of likely N-dealkylation sites (tertiary alicyclic amines) is 1. The maximum atomic E-state index is 12.7. The molecule has 8 heteroatoms. The van der Waals surface area contributed by atoms with Gasteiger partial charge < -0.3 is 5.32 Å². The number of rotatable bonds is 6. The molecule has 31 heavy (non-hydrogen) atoms. The normalized spacial score (nSPS) is 18.9. The van der Waals surface area contributed by atoms with Gasteiger partial charge in [0, 0.05) is 36.3 Å². The molecule has 2 aromatic carbocycles. The number of amides is 1. The van der Waals surface area contributed by atoms with E-state index in [2.05, 4.69) is 10.2 Å². The van der Waals surface area contributed by atoms with E-state index in [1.165, 1.54) is 4.31 Å². The Balaban J connectivity index is 1.29. The topological polar surface area (TPSA) is 69.7 Å². The molecule has 2 aromatic rings. The minimum absolute atomic E-state index is 0.00690. The Kier molecular flexibility index (Phi) is 6.96. The van der Waals surface area contributed by atoms with Gasteiger partial charge in [-0.15, -0.1) is 0 Å². The first kappa shape index (κ1) is 22.3. The Morgan fingerprint density at radius 2 is 1.61 bits per heavy atom. The van der Waals surface area contributed by atoms with Gasteiger partial charge in [0.2, 0.25) is 15.9 Å². The van der Waals surface area contributed by atoms with Crippen LogP contribution in [0.25, 0.3) is 0 Å². The fraction of sp³-hybridized carbons (Fsp3) is 0.435. The van der Waals surface area contributed by atoms with Crippen LogP contribution in [0.4, 0.5) is 5.69 Å². The average molecular weight is 462 g/mol. The van der Waals surface area contributed by atoms with Crippen molar-refractivity contribution in [2.45, 2.75) is 37.1 Å².